The number of likely N-dealkylation sites (N-methyl/N-ethyl adjacent to an activating group) is 2. The quantitative estimate of drug-likeness (QED) is 0.192. The van der Waals surface area contributed by atoms with E-state index in [9.17, 15) is 23.2 Å². The van der Waals surface area contributed by atoms with Crippen LogP contribution in [0.1, 0.15) is 29.5 Å². The lowest BCUT2D eigenvalue weighted by molar-refractivity contribution is -0.149. The van der Waals surface area contributed by atoms with Gasteiger partial charge in [0.25, 0.3) is 0 Å². The Bertz CT molecular complexity index is 1730. The molecule has 1 aliphatic heterocycles. The number of nitrogens with zero attached hydrogens (tertiary/aromatic N) is 2. The lowest BCUT2D eigenvalue weighted by Gasteiger charge is -2.34. The SMILES string of the molecule is CN(C(=O)COCC1CCCN1)C(Cc1ccc2ccccc2c1)C(=O)N(C)C(Cc1ccc(F)c(F)c1)C(=O)NCCc1ccccc1. The van der Waals surface area contributed by atoms with Gasteiger partial charge in [0.15, 0.2) is 11.6 Å². The van der Waals surface area contributed by atoms with E-state index in [1.165, 1.54) is 22.9 Å². The average molecular weight is 671 g/mol. The number of hydrogen-bond acceptors (Lipinski definition) is 5. The van der Waals surface area contributed by atoms with Crippen LogP contribution in [0.25, 0.3) is 10.8 Å². The molecule has 49 heavy (non-hydrogen) atoms. The van der Waals surface area contributed by atoms with Gasteiger partial charge in [-0.15, -0.1) is 0 Å². The van der Waals surface area contributed by atoms with Crippen LogP contribution in [0.15, 0.2) is 91.0 Å². The summed E-state index contributed by atoms with van der Waals surface area (Å²) in [6.45, 7) is 1.42. The van der Waals surface area contributed by atoms with Crippen LogP contribution in [0, 0.1) is 11.6 Å². The summed E-state index contributed by atoms with van der Waals surface area (Å²) >= 11 is 0. The van der Waals surface area contributed by atoms with Crippen molar-refractivity contribution in [1.29, 1.82) is 0 Å². The fraction of sp³-hybridized carbons (Fsp3) is 0.359. The van der Waals surface area contributed by atoms with Gasteiger partial charge < -0.3 is 25.2 Å². The highest BCUT2D eigenvalue weighted by Gasteiger charge is 2.35. The molecule has 0 aromatic heterocycles. The molecule has 1 aliphatic rings. The van der Waals surface area contributed by atoms with Crippen LogP contribution in [0.5, 0.6) is 0 Å². The van der Waals surface area contributed by atoms with Crippen molar-refractivity contribution in [3.8, 4) is 0 Å². The standard InChI is InChI=1S/C39H44F2N4O4/c1-44(37(46)26-49-25-32-13-8-19-42-32)36(24-28-14-16-30-11-6-7-12-31(30)21-28)39(48)45(2)35(23-29-15-17-33(40)34(41)22-29)38(47)43-20-18-27-9-4-3-5-10-27/h3-7,9-12,14-17,21-22,32,35-36,42H,8,13,18-20,23-26H2,1-2H3,(H,43,47). The first-order chi connectivity index (χ1) is 23.7. The van der Waals surface area contributed by atoms with Crippen LogP contribution in [0.4, 0.5) is 8.78 Å². The van der Waals surface area contributed by atoms with E-state index in [1.807, 2.05) is 72.8 Å². The molecule has 1 heterocycles. The molecule has 10 heteroatoms. The smallest absolute Gasteiger partial charge is 0.249 e. The number of benzene rings is 4. The first-order valence-corrected chi connectivity index (χ1v) is 16.8. The van der Waals surface area contributed by atoms with Crippen LogP contribution < -0.4 is 10.6 Å². The van der Waals surface area contributed by atoms with Gasteiger partial charge in [-0.25, -0.2) is 8.78 Å². The van der Waals surface area contributed by atoms with Gasteiger partial charge >= 0.3 is 0 Å². The van der Waals surface area contributed by atoms with E-state index < -0.39 is 35.5 Å². The van der Waals surface area contributed by atoms with Crippen molar-refractivity contribution in [2.24, 2.45) is 0 Å². The molecule has 0 radical (unpaired) electrons. The summed E-state index contributed by atoms with van der Waals surface area (Å²) in [5.74, 6) is -3.31. The van der Waals surface area contributed by atoms with Crippen LogP contribution in [0.3, 0.4) is 0 Å². The minimum Gasteiger partial charge on any atom is -0.370 e. The van der Waals surface area contributed by atoms with Crippen molar-refractivity contribution in [3.05, 3.63) is 119 Å². The lowest BCUT2D eigenvalue weighted by Crippen LogP contribution is -2.56. The monoisotopic (exact) mass is 670 g/mol. The molecular formula is C39H44F2N4O4. The molecule has 0 spiro atoms. The molecular weight excluding hydrogens is 626 g/mol. The second kappa shape index (κ2) is 17.1. The molecule has 5 rings (SSSR count). The highest BCUT2D eigenvalue weighted by atomic mass is 19.2. The Hall–Kier alpha value is -4.67. The van der Waals surface area contributed by atoms with Crippen molar-refractivity contribution < 1.29 is 27.9 Å². The van der Waals surface area contributed by atoms with Gasteiger partial charge in [-0.05, 0) is 65.4 Å². The zero-order valence-corrected chi connectivity index (χ0v) is 28.0. The van der Waals surface area contributed by atoms with Crippen LogP contribution in [-0.4, -0.2) is 86.0 Å². The van der Waals surface area contributed by atoms with Gasteiger partial charge in [-0.1, -0.05) is 78.9 Å². The molecule has 8 nitrogen and oxygen atoms in total. The summed E-state index contributed by atoms with van der Waals surface area (Å²) in [5.41, 5.74) is 2.22. The van der Waals surface area contributed by atoms with Gasteiger partial charge in [-0.2, -0.15) is 0 Å². The maximum absolute atomic E-state index is 14.5. The number of carbonyl (C=O) groups is 3. The number of hydrogen-bond donors (Lipinski definition) is 2. The first kappa shape index (κ1) is 35.6. The van der Waals surface area contributed by atoms with Crippen LogP contribution in [-0.2, 0) is 38.4 Å². The van der Waals surface area contributed by atoms with Crippen molar-refractivity contribution >= 4 is 28.5 Å². The van der Waals surface area contributed by atoms with Gasteiger partial charge in [0.2, 0.25) is 17.7 Å². The number of nitrogens with one attached hydrogen (secondary N) is 2. The summed E-state index contributed by atoms with van der Waals surface area (Å²) in [6.07, 6.45) is 2.73. The zero-order chi connectivity index (χ0) is 34.8. The molecule has 0 saturated carbocycles. The van der Waals surface area contributed by atoms with E-state index in [0.717, 1.165) is 53.4 Å². The Morgan fingerprint density at radius 3 is 2.24 bits per heavy atom. The third-order valence-corrected chi connectivity index (χ3v) is 9.18. The second-order valence-electron chi connectivity index (χ2n) is 12.7. The lowest BCUT2D eigenvalue weighted by atomic mass is 9.98. The predicted octanol–water partition coefficient (Wildman–Crippen LogP) is 4.68. The molecule has 3 atom stereocenters. The van der Waals surface area contributed by atoms with Gasteiger partial charge in [-0.3, -0.25) is 14.4 Å². The maximum atomic E-state index is 14.5. The van der Waals surface area contributed by atoms with Crippen LogP contribution >= 0.6 is 0 Å². The average Bonchev–Trinajstić information content (AvgIpc) is 3.64. The molecule has 3 amide bonds. The van der Waals surface area contributed by atoms with E-state index >= 15 is 0 Å². The molecule has 1 fully saturated rings. The fourth-order valence-electron chi connectivity index (χ4n) is 6.22. The zero-order valence-electron chi connectivity index (χ0n) is 28.0. The third-order valence-electron chi connectivity index (χ3n) is 9.18. The topological polar surface area (TPSA) is 91.0 Å². The maximum Gasteiger partial charge on any atom is 0.249 e. The van der Waals surface area contributed by atoms with Gasteiger partial charge in [0, 0.05) is 39.5 Å². The Kier molecular flexibility index (Phi) is 12.5. The second-order valence-corrected chi connectivity index (χ2v) is 12.7. The van der Waals surface area contributed by atoms with Crippen molar-refractivity contribution in [3.63, 3.8) is 0 Å². The van der Waals surface area contributed by atoms with Crippen molar-refractivity contribution in [2.45, 2.75) is 50.2 Å². The number of carbonyl (C=O) groups excluding carboxylic acids is 3. The minimum atomic E-state index is -1.07. The largest absolute Gasteiger partial charge is 0.370 e. The van der Waals surface area contributed by atoms with Gasteiger partial charge in [0.05, 0.1) is 6.61 Å². The minimum absolute atomic E-state index is 0.0610. The van der Waals surface area contributed by atoms with Gasteiger partial charge in [0.1, 0.15) is 18.7 Å². The predicted molar refractivity (Wildman–Crippen MR) is 186 cm³/mol. The van der Waals surface area contributed by atoms with E-state index in [1.54, 1.807) is 7.05 Å². The van der Waals surface area contributed by atoms with Crippen LogP contribution in [0.2, 0.25) is 0 Å². The summed E-state index contributed by atoms with van der Waals surface area (Å²) in [4.78, 5) is 44.4. The first-order valence-electron chi connectivity index (χ1n) is 16.8. The highest BCUT2D eigenvalue weighted by molar-refractivity contribution is 5.92. The molecule has 0 aliphatic carbocycles. The number of ether oxygens (including phenoxy) is 1. The van der Waals surface area contributed by atoms with E-state index in [4.69, 9.17) is 4.74 Å². The number of halogens is 2. The molecule has 1 saturated heterocycles. The molecule has 4 aromatic rings. The fourth-order valence-corrected chi connectivity index (χ4v) is 6.22. The molecule has 3 unspecified atom stereocenters. The van der Waals surface area contributed by atoms with E-state index in [0.29, 0.717) is 25.1 Å². The Balaban J connectivity index is 1.38. The highest BCUT2D eigenvalue weighted by Crippen LogP contribution is 2.21. The molecule has 4 aromatic carbocycles. The summed E-state index contributed by atoms with van der Waals surface area (Å²) in [7, 11) is 3.08. The molecule has 0 bridgehead atoms. The Morgan fingerprint density at radius 1 is 0.816 bits per heavy atom. The Labute approximate surface area is 286 Å². The van der Waals surface area contributed by atoms with Crippen molar-refractivity contribution in [1.82, 2.24) is 20.4 Å². The number of amides is 3. The Morgan fingerprint density at radius 2 is 1.51 bits per heavy atom. The third kappa shape index (κ3) is 9.70. The summed E-state index contributed by atoms with van der Waals surface area (Å²) in [6, 6.07) is 25.0. The number of rotatable bonds is 15. The molecule has 258 valence electrons. The van der Waals surface area contributed by atoms with Crippen molar-refractivity contribution in [2.75, 3.05) is 40.4 Å². The summed E-state index contributed by atoms with van der Waals surface area (Å²) in [5, 5.41) is 8.30. The molecule has 2 N–H and O–H groups in total. The summed E-state index contributed by atoms with van der Waals surface area (Å²) < 4.78 is 33.8. The number of fused-ring (bicyclic) bond motifs is 1. The van der Waals surface area contributed by atoms with E-state index in [-0.39, 0.29) is 31.4 Å². The van der Waals surface area contributed by atoms with E-state index in [2.05, 4.69) is 10.6 Å². The normalized spacial score (nSPS) is 15.5.